The van der Waals surface area contributed by atoms with Gasteiger partial charge in [0, 0.05) is 20.3 Å². The van der Waals surface area contributed by atoms with Gasteiger partial charge in [-0.05, 0) is 0 Å². The number of carbonyl (C=O) groups is 2. The SMILES string of the molecule is COC(=O)CN(C)C(=O)c1nn(C)cc1N. The molecule has 2 N–H and O–H groups in total. The first-order chi connectivity index (χ1) is 7.45. The molecule has 88 valence electrons. The molecule has 1 amide bonds. The molecule has 0 aliphatic rings. The quantitative estimate of drug-likeness (QED) is 0.685. The number of amides is 1. The van der Waals surface area contributed by atoms with Crippen LogP contribution in [-0.2, 0) is 16.6 Å². The third-order valence-electron chi connectivity index (χ3n) is 2.00. The second-order valence-corrected chi connectivity index (χ2v) is 3.34. The smallest absolute Gasteiger partial charge is 0.325 e. The van der Waals surface area contributed by atoms with Gasteiger partial charge in [0.05, 0.1) is 12.8 Å². The van der Waals surface area contributed by atoms with E-state index < -0.39 is 11.9 Å². The Hall–Kier alpha value is -2.05. The van der Waals surface area contributed by atoms with Crippen LogP contribution < -0.4 is 5.73 Å². The van der Waals surface area contributed by atoms with Crippen molar-refractivity contribution in [3.63, 3.8) is 0 Å². The van der Waals surface area contributed by atoms with E-state index in [-0.39, 0.29) is 17.9 Å². The maximum Gasteiger partial charge on any atom is 0.325 e. The van der Waals surface area contributed by atoms with Crippen molar-refractivity contribution in [3.05, 3.63) is 11.9 Å². The maximum atomic E-state index is 11.8. The van der Waals surface area contributed by atoms with E-state index in [4.69, 9.17) is 5.73 Å². The highest BCUT2D eigenvalue weighted by molar-refractivity contribution is 5.98. The van der Waals surface area contributed by atoms with E-state index in [0.29, 0.717) is 0 Å². The summed E-state index contributed by atoms with van der Waals surface area (Å²) in [7, 11) is 4.40. The zero-order valence-corrected chi connectivity index (χ0v) is 9.43. The fourth-order valence-electron chi connectivity index (χ4n) is 1.18. The van der Waals surface area contributed by atoms with Crippen LogP contribution in [0.5, 0.6) is 0 Å². The molecule has 0 atom stereocenters. The van der Waals surface area contributed by atoms with Crippen molar-refractivity contribution < 1.29 is 14.3 Å². The molecule has 7 heteroatoms. The Labute approximate surface area is 92.8 Å². The first kappa shape index (κ1) is 12.0. The monoisotopic (exact) mass is 226 g/mol. The number of aryl methyl sites for hydroxylation is 1. The van der Waals surface area contributed by atoms with Crippen molar-refractivity contribution >= 4 is 17.6 Å². The van der Waals surface area contributed by atoms with Crippen LogP contribution in [0, 0.1) is 0 Å². The number of anilines is 1. The highest BCUT2D eigenvalue weighted by Crippen LogP contribution is 2.10. The number of esters is 1. The van der Waals surface area contributed by atoms with Crippen molar-refractivity contribution in [1.29, 1.82) is 0 Å². The minimum atomic E-state index is -0.495. The van der Waals surface area contributed by atoms with Gasteiger partial charge in [-0.15, -0.1) is 0 Å². The normalized spacial score (nSPS) is 9.94. The number of aromatic nitrogens is 2. The Morgan fingerprint density at radius 1 is 1.62 bits per heavy atom. The van der Waals surface area contributed by atoms with E-state index in [9.17, 15) is 9.59 Å². The van der Waals surface area contributed by atoms with Gasteiger partial charge in [-0.2, -0.15) is 5.10 Å². The van der Waals surface area contributed by atoms with Crippen LogP contribution in [0.1, 0.15) is 10.5 Å². The van der Waals surface area contributed by atoms with Gasteiger partial charge in [0.2, 0.25) is 0 Å². The summed E-state index contributed by atoms with van der Waals surface area (Å²) < 4.78 is 5.89. The number of likely N-dealkylation sites (N-methyl/N-ethyl adjacent to an activating group) is 1. The number of nitrogens with two attached hydrogens (primary N) is 1. The molecule has 0 saturated heterocycles. The van der Waals surface area contributed by atoms with Crippen molar-refractivity contribution in [1.82, 2.24) is 14.7 Å². The first-order valence-corrected chi connectivity index (χ1v) is 4.57. The number of hydrogen-bond acceptors (Lipinski definition) is 5. The molecule has 0 spiro atoms. The third kappa shape index (κ3) is 2.50. The molecule has 1 rings (SSSR count). The summed E-state index contributed by atoms with van der Waals surface area (Å²) in [4.78, 5) is 24.0. The van der Waals surface area contributed by atoms with E-state index in [0.717, 1.165) is 0 Å². The van der Waals surface area contributed by atoms with E-state index in [1.165, 1.54) is 29.9 Å². The summed E-state index contributed by atoms with van der Waals surface area (Å²) in [5.74, 6) is -0.908. The Balaban J connectivity index is 2.78. The molecular weight excluding hydrogens is 212 g/mol. The standard InChI is InChI=1S/C9H14N4O3/c1-12(5-7(14)16-3)9(15)8-6(10)4-13(2)11-8/h4H,5,10H2,1-3H3. The molecule has 0 aromatic carbocycles. The molecule has 0 bridgehead atoms. The number of methoxy groups -OCH3 is 1. The van der Waals surface area contributed by atoms with Gasteiger partial charge < -0.3 is 15.4 Å². The van der Waals surface area contributed by atoms with E-state index in [1.54, 1.807) is 7.05 Å². The average molecular weight is 226 g/mol. The molecule has 0 unspecified atom stereocenters. The predicted molar refractivity (Wildman–Crippen MR) is 56.6 cm³/mol. The topological polar surface area (TPSA) is 90.5 Å². The summed E-state index contributed by atoms with van der Waals surface area (Å²) in [6, 6.07) is 0. The van der Waals surface area contributed by atoms with Crippen LogP contribution >= 0.6 is 0 Å². The van der Waals surface area contributed by atoms with Crippen molar-refractivity contribution in [2.75, 3.05) is 26.4 Å². The number of ether oxygens (including phenoxy) is 1. The lowest BCUT2D eigenvalue weighted by molar-refractivity contribution is -0.141. The van der Waals surface area contributed by atoms with Gasteiger partial charge in [0.15, 0.2) is 5.69 Å². The molecular formula is C9H14N4O3. The summed E-state index contributed by atoms with van der Waals surface area (Å²) in [5, 5.41) is 3.91. The number of nitrogen functional groups attached to an aromatic ring is 1. The Morgan fingerprint density at radius 3 is 2.69 bits per heavy atom. The average Bonchev–Trinajstić information content (AvgIpc) is 2.56. The fourth-order valence-corrected chi connectivity index (χ4v) is 1.18. The van der Waals surface area contributed by atoms with Crippen molar-refractivity contribution in [2.24, 2.45) is 7.05 Å². The lowest BCUT2D eigenvalue weighted by Crippen LogP contribution is -2.33. The molecule has 0 fully saturated rings. The highest BCUT2D eigenvalue weighted by Gasteiger charge is 2.20. The van der Waals surface area contributed by atoms with Crippen molar-refractivity contribution in [3.8, 4) is 0 Å². The van der Waals surface area contributed by atoms with Crippen LogP contribution in [0.3, 0.4) is 0 Å². The number of hydrogen-bond donors (Lipinski definition) is 1. The maximum absolute atomic E-state index is 11.8. The highest BCUT2D eigenvalue weighted by atomic mass is 16.5. The Morgan fingerprint density at radius 2 is 2.25 bits per heavy atom. The Bertz CT molecular complexity index is 413. The largest absolute Gasteiger partial charge is 0.468 e. The lowest BCUT2D eigenvalue weighted by Gasteiger charge is -2.14. The molecule has 1 aromatic rings. The minimum absolute atomic E-state index is 0.133. The first-order valence-electron chi connectivity index (χ1n) is 4.57. The molecule has 1 aromatic heterocycles. The molecule has 0 saturated carbocycles. The second kappa shape index (κ2) is 4.65. The summed E-state index contributed by atoms with van der Waals surface area (Å²) >= 11 is 0. The van der Waals surface area contributed by atoms with Crippen molar-refractivity contribution in [2.45, 2.75) is 0 Å². The van der Waals surface area contributed by atoms with Gasteiger partial charge in [0.25, 0.3) is 5.91 Å². The van der Waals surface area contributed by atoms with Crippen LogP contribution in [0.4, 0.5) is 5.69 Å². The van der Waals surface area contributed by atoms with E-state index in [1.807, 2.05) is 0 Å². The van der Waals surface area contributed by atoms with Gasteiger partial charge in [0.1, 0.15) is 6.54 Å². The predicted octanol–water partition coefficient (Wildman–Crippen LogP) is -0.753. The molecule has 7 nitrogen and oxygen atoms in total. The zero-order chi connectivity index (χ0) is 12.3. The summed E-state index contributed by atoms with van der Waals surface area (Å²) in [5.41, 5.74) is 6.01. The minimum Gasteiger partial charge on any atom is -0.468 e. The summed E-state index contributed by atoms with van der Waals surface area (Å²) in [6.07, 6.45) is 1.53. The van der Waals surface area contributed by atoms with Gasteiger partial charge in [-0.3, -0.25) is 14.3 Å². The van der Waals surface area contributed by atoms with Crippen LogP contribution in [0.15, 0.2) is 6.20 Å². The van der Waals surface area contributed by atoms with Gasteiger partial charge >= 0.3 is 5.97 Å². The molecule has 16 heavy (non-hydrogen) atoms. The molecule has 1 heterocycles. The van der Waals surface area contributed by atoms with Crippen LogP contribution in [0.2, 0.25) is 0 Å². The van der Waals surface area contributed by atoms with Gasteiger partial charge in [-0.1, -0.05) is 0 Å². The molecule has 0 radical (unpaired) electrons. The number of carbonyl (C=O) groups excluding carboxylic acids is 2. The third-order valence-corrected chi connectivity index (χ3v) is 2.00. The second-order valence-electron chi connectivity index (χ2n) is 3.34. The molecule has 0 aliphatic carbocycles. The van der Waals surface area contributed by atoms with Gasteiger partial charge in [-0.25, -0.2) is 0 Å². The zero-order valence-electron chi connectivity index (χ0n) is 9.43. The lowest BCUT2D eigenvalue weighted by atomic mass is 10.3. The van der Waals surface area contributed by atoms with E-state index in [2.05, 4.69) is 9.84 Å². The summed E-state index contributed by atoms with van der Waals surface area (Å²) in [6.45, 7) is -0.134. The number of rotatable bonds is 3. The fraction of sp³-hybridized carbons (Fsp3) is 0.444. The van der Waals surface area contributed by atoms with Crippen LogP contribution in [-0.4, -0.2) is 47.3 Å². The molecule has 0 aliphatic heterocycles. The van der Waals surface area contributed by atoms with Crippen LogP contribution in [0.25, 0.3) is 0 Å². The number of nitrogens with zero attached hydrogens (tertiary/aromatic N) is 3. The van der Waals surface area contributed by atoms with E-state index >= 15 is 0 Å². The Kier molecular flexibility index (Phi) is 3.49.